The number of benzene rings is 1. The average Bonchev–Trinajstić information content (AvgIpc) is 2.80. The molecule has 1 aliphatic carbocycles. The summed E-state index contributed by atoms with van der Waals surface area (Å²) in [6.07, 6.45) is 7.05. The number of hydrogen-bond acceptors (Lipinski definition) is 1. The Balaban J connectivity index is 2.00. The van der Waals surface area contributed by atoms with Crippen molar-refractivity contribution in [3.05, 3.63) is 33.4 Å². The molecule has 0 aromatic heterocycles. The van der Waals surface area contributed by atoms with Crippen LogP contribution < -0.4 is 5.32 Å². The Morgan fingerprint density at radius 2 is 1.88 bits per heavy atom. The maximum atomic E-state index is 3.46. The van der Waals surface area contributed by atoms with E-state index in [1.165, 1.54) is 41.2 Å². The third-order valence-electron chi connectivity index (χ3n) is 3.66. The molecule has 0 amide bonds. The van der Waals surface area contributed by atoms with Crippen LogP contribution >= 0.6 is 22.6 Å². The second-order valence-electron chi connectivity index (χ2n) is 4.78. The standard InChI is InChI=1S/C14H20IN/c1-16-14(10-11-4-2-3-5-11)12-6-8-13(15)9-7-12/h6-9,11,14,16H,2-5,10H2,1H3. The normalized spacial score (nSPS) is 18.9. The van der Waals surface area contributed by atoms with Crippen molar-refractivity contribution in [2.75, 3.05) is 7.05 Å². The summed E-state index contributed by atoms with van der Waals surface area (Å²) in [6.45, 7) is 0. The van der Waals surface area contributed by atoms with E-state index >= 15 is 0 Å². The van der Waals surface area contributed by atoms with E-state index in [1.54, 1.807) is 0 Å². The molecule has 2 heteroatoms. The summed E-state index contributed by atoms with van der Waals surface area (Å²) >= 11 is 2.36. The maximum Gasteiger partial charge on any atom is 0.0320 e. The Labute approximate surface area is 112 Å². The minimum Gasteiger partial charge on any atom is -0.313 e. The van der Waals surface area contributed by atoms with E-state index < -0.39 is 0 Å². The quantitative estimate of drug-likeness (QED) is 0.819. The minimum atomic E-state index is 0.542. The maximum absolute atomic E-state index is 3.46. The van der Waals surface area contributed by atoms with Crippen LogP contribution in [0.1, 0.15) is 43.7 Å². The number of nitrogens with one attached hydrogen (secondary N) is 1. The molecule has 1 nitrogen and oxygen atoms in total. The number of halogens is 1. The van der Waals surface area contributed by atoms with Crippen LogP contribution in [0.2, 0.25) is 0 Å². The lowest BCUT2D eigenvalue weighted by molar-refractivity contribution is 0.413. The fourth-order valence-electron chi connectivity index (χ4n) is 2.70. The van der Waals surface area contributed by atoms with Gasteiger partial charge in [0.25, 0.3) is 0 Å². The highest BCUT2D eigenvalue weighted by Crippen LogP contribution is 2.32. The predicted octanol–water partition coefficient (Wildman–Crippen LogP) is 4.13. The summed E-state index contributed by atoms with van der Waals surface area (Å²) in [6, 6.07) is 9.47. The predicted molar refractivity (Wildman–Crippen MR) is 77.5 cm³/mol. The van der Waals surface area contributed by atoms with Crippen molar-refractivity contribution in [1.29, 1.82) is 0 Å². The van der Waals surface area contributed by atoms with Gasteiger partial charge in [0.1, 0.15) is 0 Å². The van der Waals surface area contributed by atoms with Crippen LogP contribution in [0.5, 0.6) is 0 Å². The van der Waals surface area contributed by atoms with E-state index in [1.807, 2.05) is 0 Å². The first-order valence-corrected chi connectivity index (χ1v) is 7.30. The van der Waals surface area contributed by atoms with Crippen molar-refractivity contribution in [1.82, 2.24) is 5.32 Å². The summed E-state index contributed by atoms with van der Waals surface area (Å²) in [7, 11) is 2.08. The molecule has 1 atom stereocenters. The molecule has 0 bridgehead atoms. The van der Waals surface area contributed by atoms with Crippen molar-refractivity contribution in [2.24, 2.45) is 5.92 Å². The molecule has 2 rings (SSSR count). The fourth-order valence-corrected chi connectivity index (χ4v) is 3.05. The van der Waals surface area contributed by atoms with Gasteiger partial charge in [0.15, 0.2) is 0 Å². The Morgan fingerprint density at radius 1 is 1.25 bits per heavy atom. The number of hydrogen-bond donors (Lipinski definition) is 1. The van der Waals surface area contributed by atoms with Gasteiger partial charge in [-0.3, -0.25) is 0 Å². The smallest absolute Gasteiger partial charge is 0.0320 e. The van der Waals surface area contributed by atoms with Crippen molar-refractivity contribution in [3.63, 3.8) is 0 Å². The molecule has 1 saturated carbocycles. The van der Waals surface area contributed by atoms with Crippen LogP contribution in [0.15, 0.2) is 24.3 Å². The molecule has 0 radical (unpaired) electrons. The van der Waals surface area contributed by atoms with E-state index in [-0.39, 0.29) is 0 Å². The summed E-state index contributed by atoms with van der Waals surface area (Å²) in [5.74, 6) is 0.941. The van der Waals surface area contributed by atoms with Crippen LogP contribution in [0, 0.1) is 9.49 Å². The molecule has 88 valence electrons. The fraction of sp³-hybridized carbons (Fsp3) is 0.571. The third-order valence-corrected chi connectivity index (χ3v) is 4.38. The van der Waals surface area contributed by atoms with Crippen LogP contribution in [0.25, 0.3) is 0 Å². The zero-order valence-electron chi connectivity index (χ0n) is 9.88. The van der Waals surface area contributed by atoms with Crippen LogP contribution in [-0.2, 0) is 0 Å². The van der Waals surface area contributed by atoms with Gasteiger partial charge in [0, 0.05) is 9.61 Å². The molecule has 1 aromatic rings. The lowest BCUT2D eigenvalue weighted by Gasteiger charge is -2.20. The molecule has 1 N–H and O–H groups in total. The first kappa shape index (κ1) is 12.4. The van der Waals surface area contributed by atoms with Crippen LogP contribution in [-0.4, -0.2) is 7.05 Å². The van der Waals surface area contributed by atoms with Gasteiger partial charge in [-0.1, -0.05) is 37.8 Å². The molecule has 1 aliphatic rings. The van der Waals surface area contributed by atoms with Crippen LogP contribution in [0.4, 0.5) is 0 Å². The van der Waals surface area contributed by atoms with Gasteiger partial charge in [-0.25, -0.2) is 0 Å². The Bertz CT molecular complexity index is 314. The van der Waals surface area contributed by atoms with E-state index in [4.69, 9.17) is 0 Å². The molecular formula is C14H20IN. The lowest BCUT2D eigenvalue weighted by atomic mass is 9.94. The highest BCUT2D eigenvalue weighted by atomic mass is 127. The Kier molecular flexibility index (Phi) is 4.65. The van der Waals surface area contributed by atoms with Gasteiger partial charge < -0.3 is 5.32 Å². The van der Waals surface area contributed by atoms with Gasteiger partial charge in [-0.15, -0.1) is 0 Å². The highest BCUT2D eigenvalue weighted by molar-refractivity contribution is 14.1. The molecule has 0 aliphatic heterocycles. The molecule has 1 fully saturated rings. The monoisotopic (exact) mass is 329 g/mol. The van der Waals surface area contributed by atoms with Crippen molar-refractivity contribution >= 4 is 22.6 Å². The molecular weight excluding hydrogens is 309 g/mol. The molecule has 0 heterocycles. The summed E-state index contributed by atoms with van der Waals surface area (Å²) < 4.78 is 1.32. The summed E-state index contributed by atoms with van der Waals surface area (Å²) in [4.78, 5) is 0. The highest BCUT2D eigenvalue weighted by Gasteiger charge is 2.20. The average molecular weight is 329 g/mol. The van der Waals surface area contributed by atoms with Gasteiger partial charge in [0.2, 0.25) is 0 Å². The molecule has 1 unspecified atom stereocenters. The van der Waals surface area contributed by atoms with Crippen LogP contribution in [0.3, 0.4) is 0 Å². The largest absolute Gasteiger partial charge is 0.313 e. The van der Waals surface area contributed by atoms with Crippen molar-refractivity contribution in [3.8, 4) is 0 Å². The van der Waals surface area contributed by atoms with Crippen molar-refractivity contribution in [2.45, 2.75) is 38.1 Å². The van der Waals surface area contributed by atoms with Gasteiger partial charge in [-0.2, -0.15) is 0 Å². The zero-order valence-corrected chi connectivity index (χ0v) is 12.0. The van der Waals surface area contributed by atoms with E-state index in [9.17, 15) is 0 Å². The second-order valence-corrected chi connectivity index (χ2v) is 6.02. The van der Waals surface area contributed by atoms with Gasteiger partial charge in [0.05, 0.1) is 0 Å². The molecule has 16 heavy (non-hydrogen) atoms. The molecule has 0 saturated heterocycles. The summed E-state index contributed by atoms with van der Waals surface area (Å²) in [5, 5.41) is 3.46. The lowest BCUT2D eigenvalue weighted by Crippen LogP contribution is -2.19. The minimum absolute atomic E-state index is 0.542. The molecule has 1 aromatic carbocycles. The zero-order chi connectivity index (χ0) is 11.4. The van der Waals surface area contributed by atoms with E-state index in [2.05, 4.69) is 59.2 Å². The van der Waals surface area contributed by atoms with Gasteiger partial charge >= 0.3 is 0 Å². The first-order chi connectivity index (χ1) is 7.79. The van der Waals surface area contributed by atoms with Crippen molar-refractivity contribution < 1.29 is 0 Å². The van der Waals surface area contributed by atoms with Gasteiger partial charge in [-0.05, 0) is 59.7 Å². The van der Waals surface area contributed by atoms with E-state index in [0.717, 1.165) is 5.92 Å². The first-order valence-electron chi connectivity index (χ1n) is 6.22. The third kappa shape index (κ3) is 3.20. The Hall–Kier alpha value is -0.0900. The Morgan fingerprint density at radius 3 is 2.44 bits per heavy atom. The van der Waals surface area contributed by atoms with E-state index in [0.29, 0.717) is 6.04 Å². The topological polar surface area (TPSA) is 12.0 Å². The number of rotatable bonds is 4. The second kappa shape index (κ2) is 6.01. The SMILES string of the molecule is CNC(CC1CCCC1)c1ccc(I)cc1. The molecule has 0 spiro atoms. The summed E-state index contributed by atoms with van der Waals surface area (Å²) in [5.41, 5.74) is 1.44.